The summed E-state index contributed by atoms with van der Waals surface area (Å²) in [5.41, 5.74) is 2.51. The number of sulfonamides is 1. The SMILES string of the molecule is O=C(CC12CC3CC(CC(C3)C1)C2)NNS(=O)(=O)c1ccc2c(c1)OCCCO2. The van der Waals surface area contributed by atoms with E-state index in [9.17, 15) is 13.2 Å². The van der Waals surface area contributed by atoms with E-state index in [0.29, 0.717) is 31.1 Å². The summed E-state index contributed by atoms with van der Waals surface area (Å²) >= 11 is 0. The molecule has 0 atom stereocenters. The highest BCUT2D eigenvalue weighted by Crippen LogP contribution is 2.61. The summed E-state index contributed by atoms with van der Waals surface area (Å²) in [6, 6.07) is 4.49. The summed E-state index contributed by atoms with van der Waals surface area (Å²) in [6.07, 6.45) is 8.44. The van der Waals surface area contributed by atoms with Crippen LogP contribution in [0.15, 0.2) is 23.1 Å². The smallest absolute Gasteiger partial charge is 0.257 e. The predicted molar refractivity (Wildman–Crippen MR) is 106 cm³/mol. The van der Waals surface area contributed by atoms with Gasteiger partial charge in [0.2, 0.25) is 5.91 Å². The number of carbonyl (C=O) groups excluding carboxylic acids is 1. The van der Waals surface area contributed by atoms with Crippen molar-refractivity contribution in [3.05, 3.63) is 18.2 Å². The number of hydrogen-bond acceptors (Lipinski definition) is 5. The molecule has 0 saturated heterocycles. The Morgan fingerprint density at radius 3 is 2.28 bits per heavy atom. The molecular formula is C21H28N2O5S. The second-order valence-corrected chi connectivity index (χ2v) is 11.1. The summed E-state index contributed by atoms with van der Waals surface area (Å²) in [5, 5.41) is 0. The molecule has 8 heteroatoms. The third kappa shape index (κ3) is 3.84. The first-order valence-corrected chi connectivity index (χ1v) is 12.1. The first-order valence-electron chi connectivity index (χ1n) is 10.6. The Kier molecular flexibility index (Phi) is 4.74. The molecule has 0 spiro atoms. The van der Waals surface area contributed by atoms with Gasteiger partial charge in [-0.3, -0.25) is 10.2 Å². The molecule has 1 aliphatic heterocycles. The molecule has 0 aromatic heterocycles. The molecule has 1 aromatic rings. The van der Waals surface area contributed by atoms with Crippen LogP contribution >= 0.6 is 0 Å². The second-order valence-electron chi connectivity index (χ2n) is 9.41. The van der Waals surface area contributed by atoms with Gasteiger partial charge in [0.25, 0.3) is 10.0 Å². The molecule has 1 aromatic carbocycles. The van der Waals surface area contributed by atoms with E-state index in [1.54, 1.807) is 6.07 Å². The van der Waals surface area contributed by atoms with Gasteiger partial charge in [-0.2, -0.15) is 0 Å². The normalized spacial score (nSPS) is 32.6. The average Bonchev–Trinajstić information content (AvgIpc) is 2.90. The van der Waals surface area contributed by atoms with Gasteiger partial charge in [0.05, 0.1) is 18.1 Å². The molecule has 6 rings (SSSR count). The number of fused-ring (bicyclic) bond motifs is 1. The molecule has 29 heavy (non-hydrogen) atoms. The summed E-state index contributed by atoms with van der Waals surface area (Å²) in [7, 11) is -3.88. The van der Waals surface area contributed by atoms with Gasteiger partial charge in [-0.1, -0.05) is 0 Å². The van der Waals surface area contributed by atoms with E-state index >= 15 is 0 Å². The third-order valence-corrected chi connectivity index (χ3v) is 8.30. The van der Waals surface area contributed by atoms with Crippen LogP contribution in [-0.4, -0.2) is 27.5 Å². The summed E-state index contributed by atoms with van der Waals surface area (Å²) in [4.78, 5) is 14.9. The molecule has 1 heterocycles. The fraction of sp³-hybridized carbons (Fsp3) is 0.667. The highest BCUT2D eigenvalue weighted by atomic mass is 32.2. The first-order chi connectivity index (χ1) is 13.9. The Balaban J connectivity index is 1.23. The molecule has 4 fully saturated rings. The van der Waals surface area contributed by atoms with Gasteiger partial charge >= 0.3 is 0 Å². The Bertz CT molecular complexity index is 878. The highest BCUT2D eigenvalue weighted by Gasteiger charge is 2.51. The molecule has 1 amide bonds. The number of rotatable bonds is 5. The minimum absolute atomic E-state index is 0.0388. The van der Waals surface area contributed by atoms with Crippen molar-refractivity contribution in [2.24, 2.45) is 23.2 Å². The number of nitrogens with one attached hydrogen (secondary N) is 2. The van der Waals surface area contributed by atoms with E-state index in [2.05, 4.69) is 10.3 Å². The lowest BCUT2D eigenvalue weighted by Gasteiger charge is -2.56. The quantitative estimate of drug-likeness (QED) is 0.715. The standard InChI is InChI=1S/C21H28N2O5S/c24-20(13-21-10-14-6-15(11-21)8-16(7-14)12-21)22-23-29(25,26)17-2-3-18-19(9-17)28-5-1-4-27-18/h2-3,9,14-16,23H,1,4-8,10-13H2,(H,22,24). The van der Waals surface area contributed by atoms with Gasteiger partial charge in [0.15, 0.2) is 11.5 Å². The maximum atomic E-state index is 12.7. The molecule has 2 N–H and O–H groups in total. The van der Waals surface area contributed by atoms with Gasteiger partial charge in [-0.05, 0) is 73.8 Å². The van der Waals surface area contributed by atoms with Crippen LogP contribution in [-0.2, 0) is 14.8 Å². The van der Waals surface area contributed by atoms with Crippen molar-refractivity contribution in [3.8, 4) is 11.5 Å². The minimum atomic E-state index is -3.88. The van der Waals surface area contributed by atoms with Crippen molar-refractivity contribution >= 4 is 15.9 Å². The van der Waals surface area contributed by atoms with Crippen LogP contribution in [0, 0.1) is 23.2 Å². The van der Waals surface area contributed by atoms with E-state index < -0.39 is 10.0 Å². The fourth-order valence-corrected chi connectivity index (χ4v) is 7.26. The Morgan fingerprint density at radius 2 is 1.62 bits per heavy atom. The van der Waals surface area contributed by atoms with Crippen molar-refractivity contribution in [1.29, 1.82) is 0 Å². The zero-order chi connectivity index (χ0) is 20.1. The van der Waals surface area contributed by atoms with Crippen LogP contribution in [0.2, 0.25) is 0 Å². The lowest BCUT2D eigenvalue weighted by atomic mass is 9.49. The minimum Gasteiger partial charge on any atom is -0.490 e. The fourth-order valence-electron chi connectivity index (χ4n) is 6.39. The number of hydrogen-bond donors (Lipinski definition) is 2. The number of benzene rings is 1. The largest absolute Gasteiger partial charge is 0.490 e. The van der Waals surface area contributed by atoms with Crippen molar-refractivity contribution < 1.29 is 22.7 Å². The van der Waals surface area contributed by atoms with Crippen molar-refractivity contribution in [2.75, 3.05) is 13.2 Å². The van der Waals surface area contributed by atoms with Gasteiger partial charge in [0, 0.05) is 18.9 Å². The van der Waals surface area contributed by atoms with Gasteiger partial charge in [0.1, 0.15) is 0 Å². The summed E-state index contributed by atoms with van der Waals surface area (Å²) < 4.78 is 36.4. The number of carbonyl (C=O) groups is 1. The van der Waals surface area contributed by atoms with Crippen molar-refractivity contribution in [3.63, 3.8) is 0 Å². The molecular weight excluding hydrogens is 392 g/mol. The van der Waals surface area contributed by atoms with E-state index in [4.69, 9.17) is 9.47 Å². The van der Waals surface area contributed by atoms with Crippen LogP contribution in [0.1, 0.15) is 51.4 Å². The van der Waals surface area contributed by atoms with Crippen LogP contribution in [0.5, 0.6) is 11.5 Å². The lowest BCUT2D eigenvalue weighted by Crippen LogP contribution is -2.50. The molecule has 0 unspecified atom stereocenters. The van der Waals surface area contributed by atoms with Crippen LogP contribution in [0.3, 0.4) is 0 Å². The van der Waals surface area contributed by atoms with E-state index in [-0.39, 0.29) is 16.2 Å². The van der Waals surface area contributed by atoms with Gasteiger partial charge < -0.3 is 9.47 Å². The molecule has 4 aliphatic carbocycles. The molecule has 7 nitrogen and oxygen atoms in total. The van der Waals surface area contributed by atoms with E-state index in [0.717, 1.165) is 43.4 Å². The molecule has 4 saturated carbocycles. The number of hydrazine groups is 1. The maximum absolute atomic E-state index is 12.7. The number of amides is 1. The highest BCUT2D eigenvalue weighted by molar-refractivity contribution is 7.89. The third-order valence-electron chi connectivity index (χ3n) is 7.05. The van der Waals surface area contributed by atoms with Crippen LogP contribution in [0.4, 0.5) is 0 Å². The van der Waals surface area contributed by atoms with Gasteiger partial charge in [-0.15, -0.1) is 4.83 Å². The second kappa shape index (κ2) is 7.16. The predicted octanol–water partition coefficient (Wildman–Crippen LogP) is 2.76. The van der Waals surface area contributed by atoms with Crippen molar-refractivity contribution in [2.45, 2.75) is 56.3 Å². The lowest BCUT2D eigenvalue weighted by molar-refractivity contribution is -0.129. The summed E-state index contributed by atoms with van der Waals surface area (Å²) in [5.74, 6) is 2.97. The molecule has 5 aliphatic rings. The molecule has 4 bridgehead atoms. The molecule has 158 valence electrons. The van der Waals surface area contributed by atoms with Crippen molar-refractivity contribution in [1.82, 2.24) is 10.3 Å². The first kappa shape index (κ1) is 19.2. The van der Waals surface area contributed by atoms with Crippen LogP contribution in [0.25, 0.3) is 0 Å². The monoisotopic (exact) mass is 420 g/mol. The Morgan fingerprint density at radius 1 is 1.00 bits per heavy atom. The topological polar surface area (TPSA) is 93.7 Å². The maximum Gasteiger partial charge on any atom is 0.257 e. The Labute approximate surface area is 171 Å². The van der Waals surface area contributed by atoms with Gasteiger partial charge in [-0.25, -0.2) is 8.42 Å². The van der Waals surface area contributed by atoms with Crippen LogP contribution < -0.4 is 19.7 Å². The van der Waals surface area contributed by atoms with E-state index in [1.807, 2.05) is 0 Å². The zero-order valence-corrected chi connectivity index (χ0v) is 17.3. The number of ether oxygens (including phenoxy) is 2. The zero-order valence-electron chi connectivity index (χ0n) is 16.5. The molecule has 0 radical (unpaired) electrons. The average molecular weight is 421 g/mol. The Hall–Kier alpha value is -1.80. The van der Waals surface area contributed by atoms with E-state index in [1.165, 1.54) is 31.4 Å². The summed E-state index contributed by atoms with van der Waals surface area (Å²) in [6.45, 7) is 1.02.